The predicted molar refractivity (Wildman–Crippen MR) is 81.5 cm³/mol. The molecular formula is C16H21FN2O4. The third-order valence-corrected chi connectivity index (χ3v) is 3.93. The molecule has 1 aromatic rings. The van der Waals surface area contributed by atoms with Gasteiger partial charge in [0.1, 0.15) is 17.6 Å². The molecule has 1 heterocycles. The van der Waals surface area contributed by atoms with Crippen molar-refractivity contribution in [2.45, 2.75) is 13.0 Å². The van der Waals surface area contributed by atoms with Gasteiger partial charge in [-0.05, 0) is 31.2 Å². The molecule has 0 saturated carbocycles. The Morgan fingerprint density at radius 3 is 2.35 bits per heavy atom. The maximum atomic E-state index is 12.8. The zero-order chi connectivity index (χ0) is 16.8. The number of ether oxygens (including phenoxy) is 2. The highest BCUT2D eigenvalue weighted by Gasteiger charge is 2.27. The molecule has 23 heavy (non-hydrogen) atoms. The van der Waals surface area contributed by atoms with Crippen LogP contribution < -0.4 is 4.74 Å². The minimum absolute atomic E-state index is 0.0851. The summed E-state index contributed by atoms with van der Waals surface area (Å²) >= 11 is 0. The average molecular weight is 324 g/mol. The summed E-state index contributed by atoms with van der Waals surface area (Å²) < 4.78 is 22.9. The normalized spacial score (nSPS) is 16.7. The van der Waals surface area contributed by atoms with Crippen LogP contribution in [0.25, 0.3) is 0 Å². The molecule has 1 aromatic carbocycles. The van der Waals surface area contributed by atoms with Crippen molar-refractivity contribution in [1.82, 2.24) is 9.80 Å². The number of piperazine rings is 1. The van der Waals surface area contributed by atoms with Crippen molar-refractivity contribution < 1.29 is 23.5 Å². The van der Waals surface area contributed by atoms with Gasteiger partial charge in [0.05, 0.1) is 7.11 Å². The van der Waals surface area contributed by atoms with Crippen molar-refractivity contribution in [2.75, 3.05) is 39.9 Å². The van der Waals surface area contributed by atoms with Crippen LogP contribution in [0.3, 0.4) is 0 Å². The number of carbonyl (C=O) groups is 2. The minimum Gasteiger partial charge on any atom is -0.484 e. The van der Waals surface area contributed by atoms with E-state index in [1.165, 1.54) is 31.4 Å². The Morgan fingerprint density at radius 2 is 1.78 bits per heavy atom. The molecule has 1 saturated heterocycles. The molecule has 1 atom stereocenters. The van der Waals surface area contributed by atoms with Crippen LogP contribution in [-0.4, -0.2) is 67.6 Å². The fourth-order valence-electron chi connectivity index (χ4n) is 2.45. The van der Waals surface area contributed by atoms with Crippen molar-refractivity contribution in [3.8, 4) is 5.75 Å². The van der Waals surface area contributed by atoms with Crippen molar-refractivity contribution in [3.63, 3.8) is 0 Å². The SMILES string of the molecule is COC(=O)[C@H](C)N1CCN(C(=O)COc2ccc(F)cc2)CC1. The molecule has 0 radical (unpaired) electrons. The standard InChI is InChI=1S/C16H21FN2O4/c1-12(16(21)22-2)18-7-9-19(10-8-18)15(20)11-23-14-5-3-13(17)4-6-14/h3-6,12H,7-11H2,1-2H3/t12-/m0/s1. The first-order chi connectivity index (χ1) is 11.0. The van der Waals surface area contributed by atoms with Crippen LogP contribution in [0.4, 0.5) is 4.39 Å². The second kappa shape index (κ2) is 7.92. The second-order valence-electron chi connectivity index (χ2n) is 5.36. The number of nitrogens with zero attached hydrogens (tertiary/aromatic N) is 2. The smallest absolute Gasteiger partial charge is 0.322 e. The van der Waals surface area contributed by atoms with E-state index in [2.05, 4.69) is 0 Å². The maximum absolute atomic E-state index is 12.8. The van der Waals surface area contributed by atoms with Gasteiger partial charge in [0.2, 0.25) is 0 Å². The summed E-state index contributed by atoms with van der Waals surface area (Å²) in [6.45, 7) is 4.00. The third-order valence-electron chi connectivity index (χ3n) is 3.93. The molecule has 0 N–H and O–H groups in total. The van der Waals surface area contributed by atoms with Crippen LogP contribution in [-0.2, 0) is 14.3 Å². The largest absolute Gasteiger partial charge is 0.484 e. The lowest BCUT2D eigenvalue weighted by Crippen LogP contribution is -2.54. The zero-order valence-electron chi connectivity index (χ0n) is 13.3. The highest BCUT2D eigenvalue weighted by molar-refractivity contribution is 5.78. The van der Waals surface area contributed by atoms with Gasteiger partial charge in [-0.2, -0.15) is 0 Å². The first-order valence-corrected chi connectivity index (χ1v) is 7.49. The van der Waals surface area contributed by atoms with Gasteiger partial charge >= 0.3 is 5.97 Å². The van der Waals surface area contributed by atoms with Gasteiger partial charge in [0.25, 0.3) is 5.91 Å². The number of amides is 1. The molecule has 0 aromatic heterocycles. The van der Waals surface area contributed by atoms with Gasteiger partial charge in [-0.1, -0.05) is 0 Å². The lowest BCUT2D eigenvalue weighted by molar-refractivity contribution is -0.147. The summed E-state index contributed by atoms with van der Waals surface area (Å²) in [7, 11) is 1.37. The Bertz CT molecular complexity index is 542. The minimum atomic E-state index is -0.348. The van der Waals surface area contributed by atoms with E-state index in [1.54, 1.807) is 11.8 Å². The lowest BCUT2D eigenvalue weighted by Gasteiger charge is -2.36. The van der Waals surface area contributed by atoms with E-state index in [4.69, 9.17) is 9.47 Å². The molecule has 1 amide bonds. The Kier molecular flexibility index (Phi) is 5.92. The number of hydrogen-bond acceptors (Lipinski definition) is 5. The molecule has 1 aliphatic rings. The van der Waals surface area contributed by atoms with Crippen molar-refractivity contribution in [3.05, 3.63) is 30.1 Å². The predicted octanol–water partition coefficient (Wildman–Crippen LogP) is 0.910. The molecule has 1 aliphatic heterocycles. The number of esters is 1. The van der Waals surface area contributed by atoms with Gasteiger partial charge in [0, 0.05) is 26.2 Å². The van der Waals surface area contributed by atoms with Crippen LogP contribution in [0.2, 0.25) is 0 Å². The van der Waals surface area contributed by atoms with E-state index >= 15 is 0 Å². The van der Waals surface area contributed by atoms with Crippen molar-refractivity contribution in [1.29, 1.82) is 0 Å². The Labute approximate surface area is 134 Å². The van der Waals surface area contributed by atoms with E-state index in [9.17, 15) is 14.0 Å². The second-order valence-corrected chi connectivity index (χ2v) is 5.36. The number of rotatable bonds is 5. The van der Waals surface area contributed by atoms with Crippen molar-refractivity contribution >= 4 is 11.9 Å². The topological polar surface area (TPSA) is 59.1 Å². The molecule has 0 unspecified atom stereocenters. The van der Waals surface area contributed by atoms with Crippen LogP contribution in [0, 0.1) is 5.82 Å². The molecule has 2 rings (SSSR count). The fraction of sp³-hybridized carbons (Fsp3) is 0.500. The number of hydrogen-bond donors (Lipinski definition) is 0. The molecular weight excluding hydrogens is 303 g/mol. The Morgan fingerprint density at radius 1 is 1.17 bits per heavy atom. The fourth-order valence-corrected chi connectivity index (χ4v) is 2.45. The molecule has 0 spiro atoms. The quantitative estimate of drug-likeness (QED) is 0.754. The summed E-state index contributed by atoms with van der Waals surface area (Å²) in [5.74, 6) is -0.290. The molecule has 126 valence electrons. The summed E-state index contributed by atoms with van der Waals surface area (Å²) in [5.41, 5.74) is 0. The van der Waals surface area contributed by atoms with E-state index in [1.807, 2.05) is 4.90 Å². The Hall–Kier alpha value is -2.15. The van der Waals surface area contributed by atoms with Crippen LogP contribution in [0.5, 0.6) is 5.75 Å². The van der Waals surface area contributed by atoms with Gasteiger partial charge in [0.15, 0.2) is 6.61 Å². The van der Waals surface area contributed by atoms with E-state index in [-0.39, 0.29) is 30.3 Å². The third kappa shape index (κ3) is 4.66. The number of carbonyl (C=O) groups excluding carboxylic acids is 2. The Balaban J connectivity index is 1.77. The van der Waals surface area contributed by atoms with Gasteiger partial charge in [-0.3, -0.25) is 14.5 Å². The van der Waals surface area contributed by atoms with Crippen molar-refractivity contribution in [2.24, 2.45) is 0 Å². The van der Waals surface area contributed by atoms with Crippen LogP contribution in [0.15, 0.2) is 24.3 Å². The molecule has 6 nitrogen and oxygen atoms in total. The van der Waals surface area contributed by atoms with E-state index in [0.29, 0.717) is 31.9 Å². The van der Waals surface area contributed by atoms with Gasteiger partial charge < -0.3 is 14.4 Å². The summed E-state index contributed by atoms with van der Waals surface area (Å²) in [4.78, 5) is 27.3. The number of benzene rings is 1. The molecule has 7 heteroatoms. The number of methoxy groups -OCH3 is 1. The van der Waals surface area contributed by atoms with Crippen LogP contribution in [0.1, 0.15) is 6.92 Å². The summed E-state index contributed by atoms with van der Waals surface area (Å²) in [5, 5.41) is 0. The van der Waals surface area contributed by atoms with Crippen LogP contribution >= 0.6 is 0 Å². The monoisotopic (exact) mass is 324 g/mol. The van der Waals surface area contributed by atoms with E-state index in [0.717, 1.165) is 0 Å². The van der Waals surface area contributed by atoms with Gasteiger partial charge in [-0.15, -0.1) is 0 Å². The first kappa shape index (κ1) is 17.2. The summed E-state index contributed by atoms with van der Waals surface area (Å²) in [6, 6.07) is 5.23. The highest BCUT2D eigenvalue weighted by Crippen LogP contribution is 2.12. The molecule has 0 aliphatic carbocycles. The summed E-state index contributed by atoms with van der Waals surface area (Å²) in [6.07, 6.45) is 0. The number of halogens is 1. The average Bonchev–Trinajstić information content (AvgIpc) is 2.59. The molecule has 1 fully saturated rings. The maximum Gasteiger partial charge on any atom is 0.322 e. The van der Waals surface area contributed by atoms with E-state index < -0.39 is 0 Å². The molecule has 0 bridgehead atoms. The lowest BCUT2D eigenvalue weighted by atomic mass is 10.2. The highest BCUT2D eigenvalue weighted by atomic mass is 19.1. The zero-order valence-corrected chi connectivity index (χ0v) is 13.3. The van der Waals surface area contributed by atoms with Gasteiger partial charge in [-0.25, -0.2) is 4.39 Å². The first-order valence-electron chi connectivity index (χ1n) is 7.49.